The number of rotatable bonds is 9. The smallest absolute Gasteiger partial charge is 0.159 e. The van der Waals surface area contributed by atoms with Crippen molar-refractivity contribution < 1.29 is 8.78 Å². The van der Waals surface area contributed by atoms with E-state index in [2.05, 4.69) is 38.1 Å². The Bertz CT molecular complexity index is 1030. The van der Waals surface area contributed by atoms with E-state index in [9.17, 15) is 8.78 Å². The topological polar surface area (TPSA) is 0 Å². The van der Waals surface area contributed by atoms with E-state index >= 15 is 0 Å². The normalized spacial score (nSPS) is 15.2. The van der Waals surface area contributed by atoms with E-state index in [4.69, 9.17) is 0 Å². The van der Waals surface area contributed by atoms with Crippen LogP contribution in [0.3, 0.4) is 0 Å². The SMILES string of the molecule is CC(C)CCC[Si]1CCC(CCc2ccc(-c3ccc(-c4ccc(F)c(F)c4)cc3)cc2)CC1. The molecule has 179 valence electrons. The Labute approximate surface area is 206 Å². The fourth-order valence-electron chi connectivity index (χ4n) is 5.15. The van der Waals surface area contributed by atoms with Crippen molar-refractivity contribution in [3.8, 4) is 22.3 Å². The van der Waals surface area contributed by atoms with Crippen molar-refractivity contribution in [1.29, 1.82) is 0 Å². The minimum atomic E-state index is -0.813. The molecule has 1 aliphatic heterocycles. The standard InChI is InChI=1S/C31H37F2Si/c1-23(2)4-3-19-34-20-17-25(18-21-34)6-5-24-7-9-26(10-8-24)27-11-13-28(14-12-27)29-15-16-30(32)31(33)22-29/h7-16,22-23,25H,3-6,17-21H2,1-2H3. The second-order valence-electron chi connectivity index (χ2n) is 10.4. The lowest BCUT2D eigenvalue weighted by Gasteiger charge is -2.27. The van der Waals surface area contributed by atoms with Crippen LogP contribution in [-0.2, 0) is 6.42 Å². The molecule has 3 aromatic rings. The summed E-state index contributed by atoms with van der Waals surface area (Å²) in [5, 5.41) is 0. The third kappa shape index (κ3) is 6.88. The molecule has 0 spiro atoms. The third-order valence-electron chi connectivity index (χ3n) is 7.39. The lowest BCUT2D eigenvalue weighted by Crippen LogP contribution is -2.21. The molecule has 0 amide bonds. The van der Waals surface area contributed by atoms with Crippen molar-refractivity contribution >= 4 is 8.80 Å². The Morgan fingerprint density at radius 1 is 0.765 bits per heavy atom. The van der Waals surface area contributed by atoms with E-state index < -0.39 is 11.6 Å². The molecule has 0 aliphatic carbocycles. The molecule has 34 heavy (non-hydrogen) atoms. The highest BCUT2D eigenvalue weighted by Crippen LogP contribution is 2.32. The molecule has 0 unspecified atom stereocenters. The van der Waals surface area contributed by atoms with Gasteiger partial charge in [0.05, 0.1) is 0 Å². The van der Waals surface area contributed by atoms with Crippen LogP contribution < -0.4 is 0 Å². The molecule has 1 heterocycles. The first-order chi connectivity index (χ1) is 16.5. The van der Waals surface area contributed by atoms with Crippen LogP contribution >= 0.6 is 0 Å². The predicted octanol–water partition coefficient (Wildman–Crippen LogP) is 9.57. The first kappa shape index (κ1) is 24.8. The highest BCUT2D eigenvalue weighted by molar-refractivity contribution is 6.58. The molecule has 3 aromatic carbocycles. The van der Waals surface area contributed by atoms with Crippen LogP contribution in [-0.4, -0.2) is 8.80 Å². The van der Waals surface area contributed by atoms with Gasteiger partial charge in [-0.1, -0.05) is 112 Å². The summed E-state index contributed by atoms with van der Waals surface area (Å²) in [6.07, 6.45) is 8.28. The first-order valence-electron chi connectivity index (χ1n) is 13.0. The summed E-state index contributed by atoms with van der Waals surface area (Å²) in [6.45, 7) is 4.69. The number of hydrogen-bond acceptors (Lipinski definition) is 0. The van der Waals surface area contributed by atoms with E-state index in [1.165, 1.54) is 73.9 Å². The quantitative estimate of drug-likeness (QED) is 0.270. The van der Waals surface area contributed by atoms with Gasteiger partial charge in [0, 0.05) is 8.80 Å². The Morgan fingerprint density at radius 2 is 1.32 bits per heavy atom. The second kappa shape index (κ2) is 11.9. The zero-order chi connectivity index (χ0) is 23.9. The van der Waals surface area contributed by atoms with Crippen LogP contribution in [0.25, 0.3) is 22.3 Å². The molecule has 1 aliphatic rings. The summed E-state index contributed by atoms with van der Waals surface area (Å²) in [7, 11) is -0.0540. The highest BCUT2D eigenvalue weighted by Gasteiger charge is 2.22. The average molecular weight is 476 g/mol. The van der Waals surface area contributed by atoms with Crippen LogP contribution in [0.15, 0.2) is 66.7 Å². The molecule has 1 fully saturated rings. The van der Waals surface area contributed by atoms with E-state index in [0.717, 1.165) is 23.0 Å². The van der Waals surface area contributed by atoms with E-state index in [1.807, 2.05) is 24.3 Å². The van der Waals surface area contributed by atoms with E-state index in [1.54, 1.807) is 12.1 Å². The fourth-order valence-corrected chi connectivity index (χ4v) is 8.24. The van der Waals surface area contributed by atoms with E-state index in [-0.39, 0.29) is 8.80 Å². The maximum atomic E-state index is 13.5. The van der Waals surface area contributed by atoms with Gasteiger partial charge in [0.2, 0.25) is 0 Å². The summed E-state index contributed by atoms with van der Waals surface area (Å²) in [6, 6.07) is 25.6. The van der Waals surface area contributed by atoms with Gasteiger partial charge in [-0.2, -0.15) is 0 Å². The molecule has 0 aromatic heterocycles. The van der Waals surface area contributed by atoms with Crippen molar-refractivity contribution in [2.24, 2.45) is 11.8 Å². The maximum absolute atomic E-state index is 13.5. The molecule has 4 rings (SSSR count). The minimum absolute atomic E-state index is 0.0540. The van der Waals surface area contributed by atoms with Gasteiger partial charge in [0.25, 0.3) is 0 Å². The van der Waals surface area contributed by atoms with Gasteiger partial charge < -0.3 is 0 Å². The predicted molar refractivity (Wildman–Crippen MR) is 143 cm³/mol. The van der Waals surface area contributed by atoms with Crippen LogP contribution in [0, 0.1) is 23.5 Å². The van der Waals surface area contributed by atoms with Crippen LogP contribution in [0.2, 0.25) is 18.1 Å². The van der Waals surface area contributed by atoms with Gasteiger partial charge in [-0.15, -0.1) is 0 Å². The number of hydrogen-bond donors (Lipinski definition) is 0. The molecule has 0 N–H and O–H groups in total. The summed E-state index contributed by atoms with van der Waals surface area (Å²) in [5.74, 6) is 0.152. The Hall–Kier alpha value is -2.26. The molecular formula is C31H37F2Si. The number of benzene rings is 3. The lowest BCUT2D eigenvalue weighted by molar-refractivity contribution is 0.436. The molecule has 1 saturated heterocycles. The lowest BCUT2D eigenvalue weighted by atomic mass is 9.93. The van der Waals surface area contributed by atoms with Gasteiger partial charge >= 0.3 is 0 Å². The van der Waals surface area contributed by atoms with Crippen molar-refractivity contribution in [3.05, 3.63) is 83.9 Å². The van der Waals surface area contributed by atoms with Gasteiger partial charge in [0.1, 0.15) is 0 Å². The second-order valence-corrected chi connectivity index (χ2v) is 13.4. The van der Waals surface area contributed by atoms with Gasteiger partial charge in [-0.3, -0.25) is 0 Å². The van der Waals surface area contributed by atoms with E-state index in [0.29, 0.717) is 5.56 Å². The Kier molecular flexibility index (Phi) is 8.72. The maximum Gasteiger partial charge on any atom is 0.159 e. The molecule has 0 saturated carbocycles. The van der Waals surface area contributed by atoms with Crippen LogP contribution in [0.5, 0.6) is 0 Å². The minimum Gasteiger partial charge on any atom is -0.204 e. The van der Waals surface area contributed by atoms with Crippen LogP contribution in [0.1, 0.15) is 51.5 Å². The third-order valence-corrected chi connectivity index (χ3v) is 10.4. The Morgan fingerprint density at radius 3 is 1.91 bits per heavy atom. The molecule has 0 bridgehead atoms. The largest absolute Gasteiger partial charge is 0.204 e. The molecule has 3 heteroatoms. The van der Waals surface area contributed by atoms with Gasteiger partial charge in [0.15, 0.2) is 11.6 Å². The average Bonchev–Trinajstić information content (AvgIpc) is 2.85. The molecule has 0 nitrogen and oxygen atoms in total. The molecule has 1 radical (unpaired) electrons. The van der Waals surface area contributed by atoms with Crippen molar-refractivity contribution in [2.75, 3.05) is 0 Å². The van der Waals surface area contributed by atoms with Gasteiger partial charge in [-0.05, 0) is 64.6 Å². The van der Waals surface area contributed by atoms with Crippen molar-refractivity contribution in [2.45, 2.75) is 70.5 Å². The number of halogens is 2. The highest BCUT2D eigenvalue weighted by atomic mass is 28.3. The monoisotopic (exact) mass is 475 g/mol. The first-order valence-corrected chi connectivity index (χ1v) is 15.1. The van der Waals surface area contributed by atoms with Crippen molar-refractivity contribution in [1.82, 2.24) is 0 Å². The zero-order valence-corrected chi connectivity index (χ0v) is 21.6. The van der Waals surface area contributed by atoms with Crippen molar-refractivity contribution in [3.63, 3.8) is 0 Å². The van der Waals surface area contributed by atoms with Crippen LogP contribution in [0.4, 0.5) is 8.78 Å². The zero-order valence-electron chi connectivity index (χ0n) is 20.6. The molecular weight excluding hydrogens is 438 g/mol. The fraction of sp³-hybridized carbons (Fsp3) is 0.419. The van der Waals surface area contributed by atoms with Gasteiger partial charge in [-0.25, -0.2) is 8.78 Å². The Balaban J connectivity index is 1.25. The summed E-state index contributed by atoms with van der Waals surface area (Å²) >= 11 is 0. The summed E-state index contributed by atoms with van der Waals surface area (Å²) in [4.78, 5) is 0. The number of aryl methyl sites for hydroxylation is 1. The molecule has 0 atom stereocenters. The summed E-state index contributed by atoms with van der Waals surface area (Å²) in [5.41, 5.74) is 5.32. The summed E-state index contributed by atoms with van der Waals surface area (Å²) < 4.78 is 26.7.